The van der Waals surface area contributed by atoms with Gasteiger partial charge in [0.2, 0.25) is 5.36 Å². The van der Waals surface area contributed by atoms with E-state index in [2.05, 4.69) is 75.3 Å². The zero-order valence-electron chi connectivity index (χ0n) is 20.4. The van der Waals surface area contributed by atoms with Gasteiger partial charge in [-0.15, -0.1) is 11.3 Å². The van der Waals surface area contributed by atoms with E-state index in [1.807, 2.05) is 11.3 Å². The highest BCUT2D eigenvalue weighted by Gasteiger charge is 2.26. The molecule has 1 aromatic rings. The molecule has 1 aliphatic carbocycles. The van der Waals surface area contributed by atoms with E-state index in [1.165, 1.54) is 31.7 Å². The van der Waals surface area contributed by atoms with Gasteiger partial charge in [0.25, 0.3) is 0 Å². The van der Waals surface area contributed by atoms with Gasteiger partial charge in [0.05, 0.1) is 33.0 Å². The van der Waals surface area contributed by atoms with Gasteiger partial charge in [-0.3, -0.25) is 0 Å². The van der Waals surface area contributed by atoms with Crippen molar-refractivity contribution in [3.63, 3.8) is 0 Å². The molecule has 178 valence electrons. The Morgan fingerprint density at radius 3 is 2.18 bits per heavy atom. The Kier molecular flexibility index (Phi) is 7.34. The summed E-state index contributed by atoms with van der Waals surface area (Å²) in [6.45, 7) is 16.7. The molecule has 0 spiro atoms. The van der Waals surface area contributed by atoms with Crippen LogP contribution in [0.15, 0.2) is 24.3 Å². The predicted octanol–water partition coefficient (Wildman–Crippen LogP) is 1.21. The van der Waals surface area contributed by atoms with Crippen LogP contribution in [-0.2, 0) is 9.47 Å². The lowest BCUT2D eigenvalue weighted by molar-refractivity contribution is -0.0262. The highest BCUT2D eigenvalue weighted by atomic mass is 127. The Hall–Kier alpha value is -1.29. The van der Waals surface area contributed by atoms with Crippen LogP contribution >= 0.6 is 11.3 Å². The number of rotatable bonds is 1. The zero-order valence-corrected chi connectivity index (χ0v) is 23.4. The third kappa shape index (κ3) is 5.06. The lowest BCUT2D eigenvalue weighted by Gasteiger charge is -2.37. The average Bonchev–Trinajstić information content (AvgIpc) is 2.71. The molecule has 4 atom stereocenters. The van der Waals surface area contributed by atoms with Crippen molar-refractivity contribution in [1.29, 1.82) is 0 Å². The normalized spacial score (nSPS) is 26.0. The molecular weight excluding hydrogens is 545 g/mol. The van der Waals surface area contributed by atoms with E-state index in [0.29, 0.717) is 0 Å². The maximum Gasteiger partial charge on any atom is 0.201 e. The van der Waals surface area contributed by atoms with Crippen LogP contribution in [0.1, 0.15) is 38.8 Å². The smallest absolute Gasteiger partial charge is 0.201 e. The van der Waals surface area contributed by atoms with E-state index in [9.17, 15) is 0 Å². The summed E-state index contributed by atoms with van der Waals surface area (Å²) in [7, 11) is 0. The van der Waals surface area contributed by atoms with E-state index in [0.717, 1.165) is 37.4 Å². The largest absolute Gasteiger partial charge is 1.00 e. The molecule has 7 heteroatoms. The number of halogens is 1. The molecule has 2 saturated heterocycles. The van der Waals surface area contributed by atoms with Crippen molar-refractivity contribution >= 4 is 27.2 Å². The molecule has 33 heavy (non-hydrogen) atoms. The molecule has 0 aromatic heterocycles. The van der Waals surface area contributed by atoms with Crippen molar-refractivity contribution in [2.75, 3.05) is 31.1 Å². The van der Waals surface area contributed by atoms with Crippen LogP contribution in [0, 0.1) is 13.8 Å². The standard InChI is InChI=1S/C26H34N3O2S.HI/c1-15-7-21(28-11-17(3)30-18(4)12-28)9-23-25(15)27-26-16(2)8-22(10-24(26)32-23)29-13-19(5)31-20(6)14-29;/h7-10,17-20H,11-14H2,1-6H3;1H/q+1;/p-1/t17-,18-,19+,20+;. The number of anilines is 1. The quantitative estimate of drug-likeness (QED) is 0.247. The molecule has 0 radical (unpaired) electrons. The van der Waals surface area contributed by atoms with Gasteiger partial charge in [-0.25, -0.2) is 9.56 Å². The summed E-state index contributed by atoms with van der Waals surface area (Å²) in [6.07, 6.45) is 0.988. The topological polar surface area (TPSA) is 37.6 Å². The molecule has 5 nitrogen and oxygen atoms in total. The Labute approximate surface area is 217 Å². The van der Waals surface area contributed by atoms with Crippen molar-refractivity contribution in [3.8, 4) is 10.6 Å². The van der Waals surface area contributed by atoms with Crippen molar-refractivity contribution in [3.05, 3.63) is 40.7 Å². The third-order valence-corrected chi connectivity index (χ3v) is 7.58. The summed E-state index contributed by atoms with van der Waals surface area (Å²) in [5, 5.41) is 1.28. The molecule has 0 bridgehead atoms. The van der Waals surface area contributed by atoms with Gasteiger partial charge in [-0.2, -0.15) is 0 Å². The van der Waals surface area contributed by atoms with Crippen LogP contribution < -0.4 is 38.8 Å². The molecule has 0 N–H and O–H groups in total. The fraction of sp³-hybridized carbons (Fsp3) is 0.538. The van der Waals surface area contributed by atoms with Gasteiger partial charge < -0.3 is 38.4 Å². The summed E-state index contributed by atoms with van der Waals surface area (Å²) < 4.78 is 15.6. The van der Waals surface area contributed by atoms with Gasteiger partial charge in [0.15, 0.2) is 13.1 Å². The van der Waals surface area contributed by atoms with Crippen molar-refractivity contribution in [2.24, 2.45) is 0 Å². The fourth-order valence-corrected chi connectivity index (χ4v) is 6.48. The highest BCUT2D eigenvalue weighted by molar-refractivity contribution is 7.21. The zero-order chi connectivity index (χ0) is 22.6. The SMILES string of the molecule is Cc1cc(=[N+]2C[C@H](C)O[C@@H](C)C2)cc2sc3cc(N4C[C@@H](C)O[C@H](C)C4)cc(C)c3nc1-2.[I-]. The predicted molar refractivity (Wildman–Crippen MR) is 133 cm³/mol. The number of hydrogen-bond acceptors (Lipinski definition) is 5. The molecule has 1 aromatic carbocycles. The van der Waals surface area contributed by atoms with Crippen molar-refractivity contribution < 1.29 is 33.5 Å². The number of hydrogen-bond donors (Lipinski definition) is 0. The summed E-state index contributed by atoms with van der Waals surface area (Å²) >= 11 is 1.86. The van der Waals surface area contributed by atoms with Gasteiger partial charge >= 0.3 is 0 Å². The monoisotopic (exact) mass is 579 g/mol. The Morgan fingerprint density at radius 1 is 0.879 bits per heavy atom. The molecule has 2 fully saturated rings. The second-order valence-corrected chi connectivity index (χ2v) is 10.8. The minimum atomic E-state index is 0. The molecule has 5 rings (SSSR count). The van der Waals surface area contributed by atoms with E-state index in [-0.39, 0.29) is 48.4 Å². The van der Waals surface area contributed by atoms with Crippen molar-refractivity contribution in [1.82, 2.24) is 9.56 Å². The molecule has 3 heterocycles. The maximum absolute atomic E-state index is 5.95. The molecular formula is C26H34IN3O2S. The first-order valence-corrected chi connectivity index (χ1v) is 12.6. The molecule has 0 unspecified atom stereocenters. The number of morpholine rings is 2. The second kappa shape index (κ2) is 9.76. The first-order chi connectivity index (χ1) is 15.3. The van der Waals surface area contributed by atoms with Crippen LogP contribution in [-0.4, -0.2) is 55.6 Å². The Bertz CT molecular complexity index is 1190. The van der Waals surface area contributed by atoms with Gasteiger partial charge in [-0.05, 0) is 64.8 Å². The minimum Gasteiger partial charge on any atom is -1.00 e. The average molecular weight is 580 g/mol. The van der Waals surface area contributed by atoms with Gasteiger partial charge in [0, 0.05) is 30.9 Å². The molecule has 0 saturated carbocycles. The summed E-state index contributed by atoms with van der Waals surface area (Å²) in [6, 6.07) is 9.23. The van der Waals surface area contributed by atoms with Crippen LogP contribution in [0.2, 0.25) is 0 Å². The summed E-state index contributed by atoms with van der Waals surface area (Å²) in [5.41, 5.74) is 5.98. The van der Waals surface area contributed by atoms with Crippen LogP contribution in [0.25, 0.3) is 20.8 Å². The van der Waals surface area contributed by atoms with E-state index >= 15 is 0 Å². The Morgan fingerprint density at radius 2 is 1.52 bits per heavy atom. The van der Waals surface area contributed by atoms with Crippen molar-refractivity contribution in [2.45, 2.75) is 66.0 Å². The van der Waals surface area contributed by atoms with E-state index in [4.69, 9.17) is 14.5 Å². The number of fused-ring (bicyclic) bond motifs is 2. The minimum absolute atomic E-state index is 0. The van der Waals surface area contributed by atoms with Crippen LogP contribution in [0.4, 0.5) is 5.69 Å². The van der Waals surface area contributed by atoms with E-state index in [1.54, 1.807) is 0 Å². The number of aromatic nitrogens is 1. The maximum atomic E-state index is 5.95. The lowest BCUT2D eigenvalue weighted by Crippen LogP contribution is -3.00. The number of aryl methyl sites for hydroxylation is 2. The highest BCUT2D eigenvalue weighted by Crippen LogP contribution is 2.36. The fourth-order valence-electron chi connectivity index (χ4n) is 5.27. The molecule has 3 aliphatic heterocycles. The Balaban J connectivity index is 0.00000259. The summed E-state index contributed by atoms with van der Waals surface area (Å²) in [4.78, 5) is 8.84. The second-order valence-electron chi connectivity index (χ2n) is 9.76. The van der Waals surface area contributed by atoms with Gasteiger partial charge in [0.1, 0.15) is 12.2 Å². The first kappa shape index (κ1) is 24.8. The lowest BCUT2D eigenvalue weighted by atomic mass is 10.1. The number of ether oxygens (including phenoxy) is 2. The number of benzene rings is 2. The van der Waals surface area contributed by atoms with Gasteiger partial charge in [-0.1, -0.05) is 0 Å². The van der Waals surface area contributed by atoms with Crippen LogP contribution in [0.5, 0.6) is 0 Å². The van der Waals surface area contributed by atoms with Crippen LogP contribution in [0.3, 0.4) is 0 Å². The third-order valence-electron chi connectivity index (χ3n) is 6.51. The summed E-state index contributed by atoms with van der Waals surface area (Å²) in [5.74, 6) is 0. The molecule has 0 amide bonds. The number of nitrogens with zero attached hydrogens (tertiary/aromatic N) is 3. The van der Waals surface area contributed by atoms with E-state index < -0.39 is 0 Å². The molecule has 4 aliphatic rings. The first-order valence-electron chi connectivity index (χ1n) is 11.8.